The van der Waals surface area contributed by atoms with Crippen molar-refractivity contribution in [2.45, 2.75) is 85.5 Å². The molecule has 0 aliphatic carbocycles. The smallest absolute Gasteiger partial charge is 0.141 e. The predicted molar refractivity (Wildman–Crippen MR) is 95.8 cm³/mol. The molecule has 0 rings (SSSR count). The Kier molecular flexibility index (Phi) is 7.28. The van der Waals surface area contributed by atoms with E-state index in [1.807, 2.05) is 0 Å². The first-order chi connectivity index (χ1) is 8.60. The number of rotatable bonds is 7. The van der Waals surface area contributed by atoms with Gasteiger partial charge in [0.15, 0.2) is 0 Å². The molecule has 1 unspecified atom stereocenters. The molecular formula is C16H37NSi2. The van der Waals surface area contributed by atoms with Crippen LogP contribution < -0.4 is 4.98 Å². The summed E-state index contributed by atoms with van der Waals surface area (Å²) in [4.78, 5) is 4.11. The molecule has 3 heteroatoms. The summed E-state index contributed by atoms with van der Waals surface area (Å²) in [6, 6.07) is 1.34. The molecule has 0 heterocycles. The molecule has 0 aromatic heterocycles. The zero-order valence-electron chi connectivity index (χ0n) is 14.9. The molecule has 1 N–H and O–H groups in total. The van der Waals surface area contributed by atoms with Crippen molar-refractivity contribution in [3.8, 4) is 0 Å². The van der Waals surface area contributed by atoms with Gasteiger partial charge in [-0.2, -0.15) is 0 Å². The summed E-state index contributed by atoms with van der Waals surface area (Å²) in [5, 5.41) is 2.14. The van der Waals surface area contributed by atoms with Gasteiger partial charge in [0.1, 0.15) is 7.75 Å². The van der Waals surface area contributed by atoms with E-state index in [4.69, 9.17) is 0 Å². The average Bonchev–Trinajstić information content (AvgIpc) is 2.32. The quantitative estimate of drug-likeness (QED) is 0.488. The Bertz CT molecular complexity index is 302. The van der Waals surface area contributed by atoms with Crippen LogP contribution in [0.4, 0.5) is 0 Å². The lowest BCUT2D eigenvalue weighted by Gasteiger charge is -2.52. The van der Waals surface area contributed by atoms with Crippen LogP contribution >= 0.6 is 0 Å². The lowest BCUT2D eigenvalue weighted by molar-refractivity contribution is 0.720. The number of hydrogen-bond acceptors (Lipinski definition) is 1. The fraction of sp³-hybridized carbons (Fsp3) is 0.875. The highest BCUT2D eigenvalue weighted by Gasteiger charge is 2.54. The standard InChI is InChI=1S/C16H37NSi2/c1-10-13-14-17-19(12-3,15(4)11-2)18(8,9)16(5,6)7/h11,17H,10,12-14H2,1-9H3/b15-11+. The molecule has 0 amide bonds. The molecule has 0 saturated heterocycles. The van der Waals surface area contributed by atoms with Crippen molar-refractivity contribution < 1.29 is 0 Å². The lowest BCUT2D eigenvalue weighted by atomic mass is 10.2. The van der Waals surface area contributed by atoms with Crippen LogP contribution in [0.25, 0.3) is 0 Å². The maximum Gasteiger partial charge on any atom is 0.141 e. The normalized spacial score (nSPS) is 17.4. The maximum atomic E-state index is 4.11. The molecule has 19 heavy (non-hydrogen) atoms. The molecule has 0 aromatic rings. The Morgan fingerprint density at radius 2 is 1.68 bits per heavy atom. The number of unbranched alkanes of at least 4 members (excludes halogenated alkanes) is 1. The van der Waals surface area contributed by atoms with Gasteiger partial charge in [-0.05, 0) is 37.9 Å². The first-order valence-corrected chi connectivity index (χ1v) is 14.2. The topological polar surface area (TPSA) is 12.0 Å². The highest BCUT2D eigenvalue weighted by Crippen LogP contribution is 2.44. The van der Waals surface area contributed by atoms with E-state index in [0.29, 0.717) is 5.04 Å². The highest BCUT2D eigenvalue weighted by atomic mass is 29.3. The van der Waals surface area contributed by atoms with Crippen LogP contribution in [-0.4, -0.2) is 21.9 Å². The van der Waals surface area contributed by atoms with Crippen molar-refractivity contribution in [3.63, 3.8) is 0 Å². The van der Waals surface area contributed by atoms with Crippen LogP contribution in [-0.2, 0) is 0 Å². The Morgan fingerprint density at radius 3 is 2.00 bits per heavy atom. The molecule has 0 fully saturated rings. The third kappa shape index (κ3) is 3.82. The van der Waals surface area contributed by atoms with Crippen molar-refractivity contribution in [2.24, 2.45) is 0 Å². The predicted octanol–water partition coefficient (Wildman–Crippen LogP) is 5.43. The van der Waals surface area contributed by atoms with Gasteiger partial charge in [0.05, 0.1) is 7.59 Å². The van der Waals surface area contributed by atoms with E-state index in [0.717, 1.165) is 0 Å². The van der Waals surface area contributed by atoms with E-state index >= 15 is 0 Å². The van der Waals surface area contributed by atoms with Gasteiger partial charge < -0.3 is 4.98 Å². The Morgan fingerprint density at radius 1 is 1.16 bits per heavy atom. The van der Waals surface area contributed by atoms with Gasteiger partial charge in [0.25, 0.3) is 0 Å². The minimum absolute atomic E-state index is 0.457. The van der Waals surface area contributed by atoms with Gasteiger partial charge >= 0.3 is 0 Å². The van der Waals surface area contributed by atoms with Gasteiger partial charge in [0, 0.05) is 0 Å². The lowest BCUT2D eigenvalue weighted by Crippen LogP contribution is -2.72. The SMILES string of the molecule is C/C=C(\C)[Si](CC)(NCCCC)[Si](C)(C)C(C)(C)C. The number of hydrogen-bond donors (Lipinski definition) is 1. The monoisotopic (exact) mass is 299 g/mol. The molecule has 0 bridgehead atoms. The summed E-state index contributed by atoms with van der Waals surface area (Å²) in [6.45, 7) is 23.1. The van der Waals surface area contributed by atoms with Crippen molar-refractivity contribution in [1.82, 2.24) is 4.98 Å². The van der Waals surface area contributed by atoms with Crippen LogP contribution in [0.15, 0.2) is 11.3 Å². The summed E-state index contributed by atoms with van der Waals surface area (Å²) in [6.07, 6.45) is 4.98. The minimum Gasteiger partial charge on any atom is -0.336 e. The fourth-order valence-corrected chi connectivity index (χ4v) is 20.4. The number of allylic oxidation sites excluding steroid dienone is 2. The molecular weight excluding hydrogens is 262 g/mol. The van der Waals surface area contributed by atoms with E-state index in [1.54, 1.807) is 5.20 Å². The molecule has 114 valence electrons. The van der Waals surface area contributed by atoms with Crippen LogP contribution in [0.1, 0.15) is 61.3 Å². The van der Waals surface area contributed by atoms with E-state index in [-0.39, 0.29) is 0 Å². The third-order valence-electron chi connectivity index (χ3n) is 5.54. The second kappa shape index (κ2) is 7.23. The summed E-state index contributed by atoms with van der Waals surface area (Å²) >= 11 is 0. The van der Waals surface area contributed by atoms with Gasteiger partial charge in [-0.25, -0.2) is 0 Å². The van der Waals surface area contributed by atoms with Crippen molar-refractivity contribution >= 4 is 15.3 Å². The summed E-state index contributed by atoms with van der Waals surface area (Å²) in [5.41, 5.74) is 0. The van der Waals surface area contributed by atoms with Crippen LogP contribution in [0, 0.1) is 0 Å². The first-order valence-electron chi connectivity index (χ1n) is 7.99. The molecule has 0 aliphatic heterocycles. The zero-order valence-corrected chi connectivity index (χ0v) is 16.9. The van der Waals surface area contributed by atoms with Crippen LogP contribution in [0.5, 0.6) is 0 Å². The molecule has 1 nitrogen and oxygen atoms in total. The van der Waals surface area contributed by atoms with Gasteiger partial charge in [-0.3, -0.25) is 0 Å². The maximum absolute atomic E-state index is 4.11. The fourth-order valence-electron chi connectivity index (χ4n) is 3.06. The number of nitrogens with one attached hydrogen (secondary N) is 1. The van der Waals surface area contributed by atoms with Gasteiger partial charge in [-0.15, -0.1) is 0 Å². The van der Waals surface area contributed by atoms with Gasteiger partial charge in [0.2, 0.25) is 0 Å². The van der Waals surface area contributed by atoms with Crippen molar-refractivity contribution in [2.75, 3.05) is 6.54 Å². The average molecular weight is 300 g/mol. The second-order valence-electron chi connectivity index (χ2n) is 7.39. The molecule has 0 saturated carbocycles. The Hall–Kier alpha value is 0.134. The summed E-state index contributed by atoms with van der Waals surface area (Å²) < 4.78 is 0. The molecule has 0 radical (unpaired) electrons. The summed E-state index contributed by atoms with van der Waals surface area (Å²) in [5.74, 6) is 0. The minimum atomic E-state index is -1.52. The van der Waals surface area contributed by atoms with E-state index < -0.39 is 15.3 Å². The van der Waals surface area contributed by atoms with Gasteiger partial charge in [-0.1, -0.05) is 65.4 Å². The zero-order chi connectivity index (χ0) is 15.3. The van der Waals surface area contributed by atoms with Crippen LogP contribution in [0.2, 0.25) is 24.2 Å². The van der Waals surface area contributed by atoms with E-state index in [1.165, 1.54) is 25.4 Å². The largest absolute Gasteiger partial charge is 0.336 e. The molecule has 0 spiro atoms. The van der Waals surface area contributed by atoms with E-state index in [2.05, 4.69) is 72.6 Å². The van der Waals surface area contributed by atoms with E-state index in [9.17, 15) is 0 Å². The Balaban J connectivity index is 5.60. The van der Waals surface area contributed by atoms with Crippen molar-refractivity contribution in [1.29, 1.82) is 0 Å². The molecule has 0 aromatic carbocycles. The Labute approximate surface area is 124 Å². The highest BCUT2D eigenvalue weighted by molar-refractivity contribution is 7.44. The molecule has 0 aliphatic rings. The van der Waals surface area contributed by atoms with Crippen molar-refractivity contribution in [3.05, 3.63) is 11.3 Å². The third-order valence-corrected chi connectivity index (χ3v) is 26.4. The molecule has 1 atom stereocenters. The summed E-state index contributed by atoms with van der Waals surface area (Å²) in [7, 11) is -2.88. The first kappa shape index (κ1) is 19.1. The second-order valence-corrected chi connectivity index (χ2v) is 22.1. The van der Waals surface area contributed by atoms with Crippen LogP contribution in [0.3, 0.4) is 0 Å².